The van der Waals surface area contributed by atoms with E-state index in [9.17, 15) is 9.18 Å². The summed E-state index contributed by atoms with van der Waals surface area (Å²) < 4.78 is 18.3. The molecule has 1 aliphatic carbocycles. The van der Waals surface area contributed by atoms with Gasteiger partial charge in [-0.3, -0.25) is 4.79 Å². The Kier molecular flexibility index (Phi) is 4.42. The molecule has 1 saturated carbocycles. The van der Waals surface area contributed by atoms with Gasteiger partial charge < -0.3 is 9.64 Å². The van der Waals surface area contributed by atoms with Crippen molar-refractivity contribution in [3.63, 3.8) is 0 Å². The number of carbonyl (C=O) groups is 1. The molecule has 2 aliphatic rings. The molecule has 0 N–H and O–H groups in total. The van der Waals surface area contributed by atoms with Crippen molar-refractivity contribution in [1.82, 2.24) is 4.90 Å². The van der Waals surface area contributed by atoms with Gasteiger partial charge in [0.25, 0.3) is 5.91 Å². The van der Waals surface area contributed by atoms with Crippen LogP contribution in [0.4, 0.5) is 4.39 Å². The van der Waals surface area contributed by atoms with Gasteiger partial charge in [0.2, 0.25) is 0 Å². The van der Waals surface area contributed by atoms with Crippen LogP contribution in [-0.2, 0) is 4.79 Å². The summed E-state index contributed by atoms with van der Waals surface area (Å²) in [6.45, 7) is 0.904. The number of hydrogen-bond donors (Lipinski definition) is 0. The van der Waals surface area contributed by atoms with E-state index in [0.29, 0.717) is 17.7 Å². The van der Waals surface area contributed by atoms with E-state index in [-0.39, 0.29) is 18.3 Å². The number of likely N-dealkylation sites (tertiary alicyclic amines) is 1. The van der Waals surface area contributed by atoms with E-state index in [1.807, 2.05) is 4.90 Å². The molecule has 2 unspecified atom stereocenters. The number of carbonyl (C=O) groups excluding carboxylic acids is 1. The second-order valence-electron chi connectivity index (χ2n) is 6.08. The highest BCUT2D eigenvalue weighted by Crippen LogP contribution is 2.35. The highest BCUT2D eigenvalue weighted by atomic mass is 19.1. The standard InChI is InChI=1S/C17H22FNO2/c18-14-7-9-15(10-8-14)21-12-17(20)19-11-3-5-13-4-1-2-6-16(13)19/h7-10,13,16H,1-6,11-12H2. The lowest BCUT2D eigenvalue weighted by Crippen LogP contribution is -2.51. The first-order chi connectivity index (χ1) is 10.2. The lowest BCUT2D eigenvalue weighted by molar-refractivity contribution is -0.139. The summed E-state index contributed by atoms with van der Waals surface area (Å²) in [5, 5.41) is 0. The van der Waals surface area contributed by atoms with Crippen LogP contribution in [0.1, 0.15) is 38.5 Å². The summed E-state index contributed by atoms with van der Waals surface area (Å²) in [4.78, 5) is 14.4. The minimum Gasteiger partial charge on any atom is -0.484 e. The molecule has 1 aliphatic heterocycles. The number of amides is 1. The summed E-state index contributed by atoms with van der Waals surface area (Å²) in [5.41, 5.74) is 0. The molecule has 0 aromatic heterocycles. The minimum atomic E-state index is -0.297. The Labute approximate surface area is 125 Å². The number of rotatable bonds is 3. The average Bonchev–Trinajstić information content (AvgIpc) is 2.53. The van der Waals surface area contributed by atoms with Crippen LogP contribution in [0.15, 0.2) is 24.3 Å². The molecule has 1 amide bonds. The first-order valence-corrected chi connectivity index (χ1v) is 7.92. The van der Waals surface area contributed by atoms with Gasteiger partial charge in [-0.2, -0.15) is 0 Å². The molecule has 1 saturated heterocycles. The Morgan fingerprint density at radius 2 is 1.86 bits per heavy atom. The van der Waals surface area contributed by atoms with Crippen LogP contribution in [0.3, 0.4) is 0 Å². The number of halogens is 1. The molecular formula is C17H22FNO2. The molecule has 0 bridgehead atoms. The third kappa shape index (κ3) is 3.36. The quantitative estimate of drug-likeness (QED) is 0.854. The summed E-state index contributed by atoms with van der Waals surface area (Å²) >= 11 is 0. The lowest BCUT2D eigenvalue weighted by Gasteiger charge is -2.44. The van der Waals surface area contributed by atoms with Crippen molar-refractivity contribution in [2.24, 2.45) is 5.92 Å². The lowest BCUT2D eigenvalue weighted by atomic mass is 9.78. The van der Waals surface area contributed by atoms with Gasteiger partial charge in [-0.1, -0.05) is 12.8 Å². The average molecular weight is 291 g/mol. The van der Waals surface area contributed by atoms with E-state index < -0.39 is 0 Å². The maximum atomic E-state index is 12.8. The van der Waals surface area contributed by atoms with Gasteiger partial charge in [-0.05, 0) is 55.9 Å². The zero-order chi connectivity index (χ0) is 14.7. The smallest absolute Gasteiger partial charge is 0.260 e. The van der Waals surface area contributed by atoms with Crippen LogP contribution in [0, 0.1) is 11.7 Å². The minimum absolute atomic E-state index is 0.0504. The van der Waals surface area contributed by atoms with E-state index >= 15 is 0 Å². The molecule has 1 heterocycles. The maximum absolute atomic E-state index is 12.8. The third-order valence-electron chi connectivity index (χ3n) is 4.74. The molecule has 0 radical (unpaired) electrons. The van der Waals surface area contributed by atoms with Crippen molar-refractivity contribution < 1.29 is 13.9 Å². The fourth-order valence-corrected chi connectivity index (χ4v) is 3.69. The van der Waals surface area contributed by atoms with E-state index in [0.717, 1.165) is 19.4 Å². The predicted molar refractivity (Wildman–Crippen MR) is 78.6 cm³/mol. The van der Waals surface area contributed by atoms with E-state index in [4.69, 9.17) is 4.74 Å². The zero-order valence-corrected chi connectivity index (χ0v) is 12.3. The van der Waals surface area contributed by atoms with E-state index in [2.05, 4.69) is 0 Å². The van der Waals surface area contributed by atoms with Gasteiger partial charge in [-0.15, -0.1) is 0 Å². The Morgan fingerprint density at radius 1 is 1.14 bits per heavy atom. The Morgan fingerprint density at radius 3 is 2.67 bits per heavy atom. The van der Waals surface area contributed by atoms with Crippen molar-refractivity contribution in [3.05, 3.63) is 30.1 Å². The van der Waals surface area contributed by atoms with Crippen molar-refractivity contribution >= 4 is 5.91 Å². The number of piperidine rings is 1. The van der Waals surface area contributed by atoms with Crippen LogP contribution in [0.25, 0.3) is 0 Å². The SMILES string of the molecule is O=C(COc1ccc(F)cc1)N1CCCC2CCCCC21. The van der Waals surface area contributed by atoms with Crippen LogP contribution in [0.5, 0.6) is 5.75 Å². The van der Waals surface area contributed by atoms with Crippen molar-refractivity contribution in [1.29, 1.82) is 0 Å². The topological polar surface area (TPSA) is 29.5 Å². The molecule has 0 spiro atoms. The molecule has 2 atom stereocenters. The summed E-state index contributed by atoms with van der Waals surface area (Å²) in [6, 6.07) is 6.22. The highest BCUT2D eigenvalue weighted by molar-refractivity contribution is 5.78. The summed E-state index contributed by atoms with van der Waals surface area (Å²) in [6.07, 6.45) is 7.27. The van der Waals surface area contributed by atoms with Crippen molar-refractivity contribution in [3.8, 4) is 5.75 Å². The molecule has 21 heavy (non-hydrogen) atoms. The summed E-state index contributed by atoms with van der Waals surface area (Å²) in [7, 11) is 0. The maximum Gasteiger partial charge on any atom is 0.260 e. The molecular weight excluding hydrogens is 269 g/mol. The largest absolute Gasteiger partial charge is 0.484 e. The Balaban J connectivity index is 1.57. The van der Waals surface area contributed by atoms with Crippen molar-refractivity contribution in [2.45, 2.75) is 44.6 Å². The molecule has 114 valence electrons. The van der Waals surface area contributed by atoms with E-state index in [1.54, 1.807) is 12.1 Å². The summed E-state index contributed by atoms with van der Waals surface area (Å²) in [5.74, 6) is 0.995. The molecule has 3 rings (SSSR count). The predicted octanol–water partition coefficient (Wildman–Crippen LogP) is 3.39. The number of benzene rings is 1. The number of hydrogen-bond acceptors (Lipinski definition) is 2. The van der Waals surface area contributed by atoms with Crippen molar-refractivity contribution in [2.75, 3.05) is 13.2 Å². The Hall–Kier alpha value is -1.58. The van der Waals surface area contributed by atoms with Gasteiger partial charge in [0.1, 0.15) is 11.6 Å². The third-order valence-corrected chi connectivity index (χ3v) is 4.74. The normalized spacial score (nSPS) is 25.3. The van der Waals surface area contributed by atoms with Gasteiger partial charge in [0.05, 0.1) is 0 Å². The van der Waals surface area contributed by atoms with Gasteiger partial charge in [-0.25, -0.2) is 4.39 Å². The van der Waals surface area contributed by atoms with Crippen LogP contribution in [0.2, 0.25) is 0 Å². The number of nitrogens with zero attached hydrogens (tertiary/aromatic N) is 1. The molecule has 1 aromatic rings. The second-order valence-corrected chi connectivity index (χ2v) is 6.08. The first kappa shape index (κ1) is 14.4. The zero-order valence-electron chi connectivity index (χ0n) is 12.3. The molecule has 1 aromatic carbocycles. The second kappa shape index (κ2) is 6.46. The van der Waals surface area contributed by atoms with Gasteiger partial charge >= 0.3 is 0 Å². The number of fused-ring (bicyclic) bond motifs is 1. The number of ether oxygens (including phenoxy) is 1. The fraction of sp³-hybridized carbons (Fsp3) is 0.588. The van der Waals surface area contributed by atoms with Gasteiger partial charge in [0.15, 0.2) is 6.61 Å². The van der Waals surface area contributed by atoms with Gasteiger partial charge in [0, 0.05) is 12.6 Å². The van der Waals surface area contributed by atoms with E-state index in [1.165, 1.54) is 37.8 Å². The highest BCUT2D eigenvalue weighted by Gasteiger charge is 2.35. The first-order valence-electron chi connectivity index (χ1n) is 7.92. The molecule has 2 fully saturated rings. The molecule has 3 nitrogen and oxygen atoms in total. The van der Waals surface area contributed by atoms with Crippen LogP contribution >= 0.6 is 0 Å². The monoisotopic (exact) mass is 291 g/mol. The van der Waals surface area contributed by atoms with Crippen LogP contribution < -0.4 is 4.74 Å². The van der Waals surface area contributed by atoms with Crippen LogP contribution in [-0.4, -0.2) is 30.0 Å². The Bertz CT molecular complexity index is 486. The fourth-order valence-electron chi connectivity index (χ4n) is 3.69. The molecule has 4 heteroatoms.